The van der Waals surface area contributed by atoms with E-state index in [1.165, 1.54) is 12.0 Å². The van der Waals surface area contributed by atoms with E-state index >= 15 is 0 Å². The van der Waals surface area contributed by atoms with Crippen LogP contribution in [-0.2, 0) is 4.79 Å². The molecule has 1 aromatic rings. The molecule has 94 valence electrons. The lowest BCUT2D eigenvalue weighted by atomic mass is 10.0. The molecule has 1 fully saturated rings. The summed E-state index contributed by atoms with van der Waals surface area (Å²) in [5, 5.41) is 3.02. The molecule has 2 aliphatic rings. The zero-order valence-corrected chi connectivity index (χ0v) is 11.9. The Kier molecular flexibility index (Phi) is 3.16. The molecule has 2 heterocycles. The van der Waals surface area contributed by atoms with Crippen LogP contribution in [0.1, 0.15) is 18.9 Å². The molecule has 2 aliphatic heterocycles. The molecule has 1 aromatic carbocycles. The number of allylic oxidation sites excluding steroid dienone is 1. The molecule has 1 amide bonds. The fourth-order valence-electron chi connectivity index (χ4n) is 2.49. The highest BCUT2D eigenvalue weighted by Gasteiger charge is 2.50. The van der Waals surface area contributed by atoms with Crippen molar-refractivity contribution in [1.29, 1.82) is 0 Å². The second kappa shape index (κ2) is 4.67. The van der Waals surface area contributed by atoms with Gasteiger partial charge in [0.1, 0.15) is 0 Å². The van der Waals surface area contributed by atoms with Gasteiger partial charge in [-0.05, 0) is 30.4 Å². The molecule has 1 spiro atoms. The zero-order valence-electron chi connectivity index (χ0n) is 10.2. The average molecular weight is 277 g/mol. The van der Waals surface area contributed by atoms with Crippen molar-refractivity contribution in [3.8, 4) is 0 Å². The van der Waals surface area contributed by atoms with Crippen LogP contribution in [0.15, 0.2) is 36.0 Å². The van der Waals surface area contributed by atoms with Gasteiger partial charge in [-0.3, -0.25) is 4.79 Å². The molecule has 3 rings (SSSR count). The number of benzene rings is 1. The topological polar surface area (TPSA) is 29.1 Å². The van der Waals surface area contributed by atoms with Crippen LogP contribution in [-0.4, -0.2) is 21.5 Å². The van der Waals surface area contributed by atoms with Crippen LogP contribution in [0.2, 0.25) is 0 Å². The van der Waals surface area contributed by atoms with Crippen LogP contribution in [0.4, 0.5) is 0 Å². The normalized spacial score (nSPS) is 22.4. The Morgan fingerprint density at radius 1 is 1.17 bits per heavy atom. The van der Waals surface area contributed by atoms with Gasteiger partial charge in [0, 0.05) is 11.3 Å². The molecule has 0 bridgehead atoms. The largest absolute Gasteiger partial charge is 0.327 e. The number of thioether (sulfide) groups is 2. The van der Waals surface area contributed by atoms with Gasteiger partial charge in [-0.2, -0.15) is 0 Å². The molecule has 0 radical (unpaired) electrons. The van der Waals surface area contributed by atoms with Crippen LogP contribution in [0, 0.1) is 0 Å². The summed E-state index contributed by atoms with van der Waals surface area (Å²) in [6.45, 7) is 2.00. The third-order valence-corrected chi connectivity index (χ3v) is 6.55. The van der Waals surface area contributed by atoms with E-state index in [0.29, 0.717) is 0 Å². The van der Waals surface area contributed by atoms with Crippen molar-refractivity contribution in [1.82, 2.24) is 5.32 Å². The number of nitrogens with one attached hydrogen (secondary N) is 1. The van der Waals surface area contributed by atoms with E-state index in [9.17, 15) is 4.79 Å². The average Bonchev–Trinajstić information content (AvgIpc) is 2.63. The second-order valence-corrected chi connectivity index (χ2v) is 7.36. The van der Waals surface area contributed by atoms with E-state index in [4.69, 9.17) is 0 Å². The Bertz CT molecular complexity index is 504. The Morgan fingerprint density at radius 2 is 1.83 bits per heavy atom. The van der Waals surface area contributed by atoms with E-state index in [1.54, 1.807) is 23.5 Å². The predicted octanol–water partition coefficient (Wildman–Crippen LogP) is 3.11. The van der Waals surface area contributed by atoms with Gasteiger partial charge >= 0.3 is 0 Å². The lowest BCUT2D eigenvalue weighted by molar-refractivity contribution is -0.118. The van der Waals surface area contributed by atoms with Crippen molar-refractivity contribution in [2.24, 2.45) is 0 Å². The maximum absolute atomic E-state index is 12.4. The Labute approximate surface area is 116 Å². The third-order valence-electron chi connectivity index (χ3n) is 3.27. The number of hydrogen-bond donors (Lipinski definition) is 1. The molecular formula is C14H15NOS2. The first kappa shape index (κ1) is 12.2. The summed E-state index contributed by atoms with van der Waals surface area (Å²) in [6.07, 6.45) is 1.19. The zero-order chi connectivity index (χ0) is 12.6. The van der Waals surface area contributed by atoms with Gasteiger partial charge in [-0.25, -0.2) is 0 Å². The molecule has 0 saturated carbocycles. The summed E-state index contributed by atoms with van der Waals surface area (Å²) >= 11 is 3.56. The van der Waals surface area contributed by atoms with Crippen molar-refractivity contribution >= 4 is 35.0 Å². The number of carbonyl (C=O) groups excluding carboxylic acids is 1. The third kappa shape index (κ3) is 1.79. The molecule has 0 atom stereocenters. The Morgan fingerprint density at radius 3 is 2.50 bits per heavy atom. The van der Waals surface area contributed by atoms with Gasteiger partial charge in [0.05, 0.1) is 0 Å². The fraction of sp³-hybridized carbons (Fsp3) is 0.357. The van der Waals surface area contributed by atoms with E-state index in [1.807, 2.05) is 25.1 Å². The minimum atomic E-state index is -0.413. The second-order valence-electron chi connectivity index (χ2n) is 4.49. The van der Waals surface area contributed by atoms with E-state index in [2.05, 4.69) is 17.4 Å². The molecule has 1 N–H and O–H groups in total. The van der Waals surface area contributed by atoms with Crippen LogP contribution < -0.4 is 5.32 Å². The number of carbonyl (C=O) groups is 1. The van der Waals surface area contributed by atoms with E-state index in [0.717, 1.165) is 22.8 Å². The quantitative estimate of drug-likeness (QED) is 0.855. The standard InChI is InChI=1S/C14H15NOS2/c1-10-12(11-6-3-2-4-7-11)14(13(16)15-10)17-8-5-9-18-14/h2-4,6-7H,5,8-9H2,1H3,(H,15,16). The van der Waals surface area contributed by atoms with Gasteiger partial charge in [0.25, 0.3) is 5.91 Å². The fourth-order valence-corrected chi connectivity index (χ4v) is 5.86. The highest BCUT2D eigenvalue weighted by molar-refractivity contribution is 8.20. The molecule has 2 nitrogen and oxygen atoms in total. The van der Waals surface area contributed by atoms with Crippen molar-refractivity contribution in [2.45, 2.75) is 17.4 Å². The molecule has 4 heteroatoms. The first-order valence-corrected chi connectivity index (χ1v) is 8.07. The van der Waals surface area contributed by atoms with Crippen LogP contribution >= 0.6 is 23.5 Å². The first-order valence-electron chi connectivity index (χ1n) is 6.10. The SMILES string of the molecule is CC1=C(c2ccccc2)C2(SCCCS2)C(=O)N1. The summed E-state index contributed by atoms with van der Waals surface area (Å²) < 4.78 is -0.413. The molecular weight excluding hydrogens is 262 g/mol. The molecule has 0 unspecified atom stereocenters. The number of hydrogen-bond acceptors (Lipinski definition) is 3. The van der Waals surface area contributed by atoms with Crippen molar-refractivity contribution < 1.29 is 4.79 Å². The maximum Gasteiger partial charge on any atom is 0.255 e. The van der Waals surface area contributed by atoms with Gasteiger partial charge in [0.2, 0.25) is 0 Å². The molecule has 1 saturated heterocycles. The summed E-state index contributed by atoms with van der Waals surface area (Å²) in [5.74, 6) is 2.27. The van der Waals surface area contributed by atoms with Crippen LogP contribution in [0.5, 0.6) is 0 Å². The lowest BCUT2D eigenvalue weighted by Crippen LogP contribution is -2.37. The lowest BCUT2D eigenvalue weighted by Gasteiger charge is -2.32. The monoisotopic (exact) mass is 277 g/mol. The summed E-state index contributed by atoms with van der Waals surface area (Å²) in [4.78, 5) is 12.4. The molecule has 0 aliphatic carbocycles. The van der Waals surface area contributed by atoms with Gasteiger partial charge < -0.3 is 5.32 Å². The van der Waals surface area contributed by atoms with Gasteiger partial charge in [-0.15, -0.1) is 23.5 Å². The molecule has 18 heavy (non-hydrogen) atoms. The van der Waals surface area contributed by atoms with Crippen molar-refractivity contribution in [3.63, 3.8) is 0 Å². The number of rotatable bonds is 1. The summed E-state index contributed by atoms with van der Waals surface area (Å²) in [7, 11) is 0. The van der Waals surface area contributed by atoms with Crippen LogP contribution in [0.25, 0.3) is 5.57 Å². The maximum atomic E-state index is 12.4. The van der Waals surface area contributed by atoms with Gasteiger partial charge in [-0.1, -0.05) is 30.3 Å². The number of amides is 1. The predicted molar refractivity (Wildman–Crippen MR) is 79.4 cm³/mol. The highest BCUT2D eigenvalue weighted by Crippen LogP contribution is 2.54. The minimum absolute atomic E-state index is 0.147. The van der Waals surface area contributed by atoms with E-state index < -0.39 is 4.08 Å². The smallest absolute Gasteiger partial charge is 0.255 e. The minimum Gasteiger partial charge on any atom is -0.327 e. The van der Waals surface area contributed by atoms with E-state index in [-0.39, 0.29) is 5.91 Å². The summed E-state index contributed by atoms with van der Waals surface area (Å²) in [6, 6.07) is 10.3. The van der Waals surface area contributed by atoms with Crippen LogP contribution in [0.3, 0.4) is 0 Å². The van der Waals surface area contributed by atoms with Crippen molar-refractivity contribution in [2.75, 3.05) is 11.5 Å². The first-order chi connectivity index (χ1) is 8.74. The Hall–Kier alpha value is -0.870. The summed E-state index contributed by atoms with van der Waals surface area (Å²) in [5.41, 5.74) is 3.34. The highest BCUT2D eigenvalue weighted by atomic mass is 32.2. The Balaban J connectivity index is 2.10. The molecule has 0 aromatic heterocycles. The van der Waals surface area contributed by atoms with Crippen molar-refractivity contribution in [3.05, 3.63) is 41.6 Å². The van der Waals surface area contributed by atoms with Gasteiger partial charge in [0.15, 0.2) is 4.08 Å².